The Morgan fingerprint density at radius 3 is 2.81 bits per heavy atom. The van der Waals surface area contributed by atoms with E-state index in [1.165, 1.54) is 0 Å². The lowest BCUT2D eigenvalue weighted by Gasteiger charge is -2.10. The lowest BCUT2D eigenvalue weighted by molar-refractivity contribution is 0.0951. The Morgan fingerprint density at radius 1 is 1.24 bits per heavy atom. The number of carbonyl (C=O) groups is 1. The number of amides is 1. The normalized spacial score (nSPS) is 10.2. The van der Waals surface area contributed by atoms with Gasteiger partial charge in [-0.15, -0.1) is 0 Å². The van der Waals surface area contributed by atoms with Crippen molar-refractivity contribution in [1.82, 2.24) is 15.3 Å². The molecule has 0 atom stereocenters. The highest BCUT2D eigenvalue weighted by molar-refractivity contribution is 5.98. The summed E-state index contributed by atoms with van der Waals surface area (Å²) in [4.78, 5) is 20.7. The van der Waals surface area contributed by atoms with Crippen molar-refractivity contribution in [3.8, 4) is 0 Å². The third-order valence-corrected chi connectivity index (χ3v) is 3.02. The largest absolute Gasteiger partial charge is 0.369 e. The van der Waals surface area contributed by atoms with Crippen molar-refractivity contribution in [2.45, 2.75) is 26.8 Å². The molecular weight excluding hydrogens is 264 g/mol. The average molecular weight is 284 g/mol. The number of nitrogens with one attached hydrogen (secondary N) is 2. The highest BCUT2D eigenvalue weighted by Gasteiger charge is 2.11. The van der Waals surface area contributed by atoms with Gasteiger partial charge in [0.2, 0.25) is 0 Å². The maximum Gasteiger partial charge on any atom is 0.255 e. The molecule has 2 aromatic heterocycles. The van der Waals surface area contributed by atoms with Gasteiger partial charge in [0.25, 0.3) is 5.91 Å². The van der Waals surface area contributed by atoms with Crippen molar-refractivity contribution < 1.29 is 4.79 Å². The standard InChI is InChI=1S/C16H20N4O/c1-3-8-17-15-14(5-4-9-18-15)16(21)20-11-13-7-6-12(2)19-10-13/h4-7,9-10H,3,8,11H2,1-2H3,(H,17,18)(H,20,21). The highest BCUT2D eigenvalue weighted by Crippen LogP contribution is 2.11. The minimum atomic E-state index is -0.137. The molecular formula is C16H20N4O. The molecule has 21 heavy (non-hydrogen) atoms. The average Bonchev–Trinajstić information content (AvgIpc) is 2.52. The molecule has 0 spiro atoms. The van der Waals surface area contributed by atoms with E-state index in [1.54, 1.807) is 24.5 Å². The van der Waals surface area contributed by atoms with Gasteiger partial charge in [-0.2, -0.15) is 0 Å². The summed E-state index contributed by atoms with van der Waals surface area (Å²) in [5.74, 6) is 0.487. The number of hydrogen-bond donors (Lipinski definition) is 2. The van der Waals surface area contributed by atoms with Crippen LogP contribution >= 0.6 is 0 Å². The summed E-state index contributed by atoms with van der Waals surface area (Å²) < 4.78 is 0. The maximum atomic E-state index is 12.3. The van der Waals surface area contributed by atoms with Crippen LogP contribution in [0.3, 0.4) is 0 Å². The minimum absolute atomic E-state index is 0.137. The summed E-state index contributed by atoms with van der Waals surface area (Å²) in [5, 5.41) is 6.06. The molecule has 0 radical (unpaired) electrons. The van der Waals surface area contributed by atoms with Gasteiger partial charge in [0.15, 0.2) is 0 Å². The van der Waals surface area contributed by atoms with Gasteiger partial charge in [0.1, 0.15) is 5.82 Å². The van der Waals surface area contributed by atoms with Crippen LogP contribution in [-0.2, 0) is 6.54 Å². The zero-order valence-electron chi connectivity index (χ0n) is 12.4. The second-order valence-electron chi connectivity index (χ2n) is 4.82. The van der Waals surface area contributed by atoms with Crippen molar-refractivity contribution in [2.24, 2.45) is 0 Å². The summed E-state index contributed by atoms with van der Waals surface area (Å²) in [6.07, 6.45) is 4.43. The molecule has 2 rings (SSSR count). The van der Waals surface area contributed by atoms with Crippen LogP contribution in [0.15, 0.2) is 36.7 Å². The van der Waals surface area contributed by atoms with Gasteiger partial charge in [-0.3, -0.25) is 9.78 Å². The lowest BCUT2D eigenvalue weighted by atomic mass is 10.2. The molecule has 0 aliphatic carbocycles. The summed E-state index contributed by atoms with van der Waals surface area (Å²) >= 11 is 0. The van der Waals surface area contributed by atoms with Crippen molar-refractivity contribution in [1.29, 1.82) is 0 Å². The van der Waals surface area contributed by atoms with E-state index >= 15 is 0 Å². The second kappa shape index (κ2) is 7.38. The Hall–Kier alpha value is -2.43. The molecule has 0 saturated heterocycles. The number of aromatic nitrogens is 2. The minimum Gasteiger partial charge on any atom is -0.369 e. The van der Waals surface area contributed by atoms with Crippen LogP contribution in [0.4, 0.5) is 5.82 Å². The van der Waals surface area contributed by atoms with E-state index in [1.807, 2.05) is 19.1 Å². The number of anilines is 1. The molecule has 0 bridgehead atoms. The van der Waals surface area contributed by atoms with Gasteiger partial charge in [-0.25, -0.2) is 4.98 Å². The van der Waals surface area contributed by atoms with Crippen LogP contribution in [-0.4, -0.2) is 22.4 Å². The molecule has 0 aliphatic heterocycles. The van der Waals surface area contributed by atoms with Gasteiger partial charge in [0.05, 0.1) is 5.56 Å². The van der Waals surface area contributed by atoms with Crippen molar-refractivity contribution in [3.05, 3.63) is 53.5 Å². The van der Waals surface area contributed by atoms with E-state index in [-0.39, 0.29) is 5.91 Å². The van der Waals surface area contributed by atoms with Gasteiger partial charge in [-0.05, 0) is 37.1 Å². The third kappa shape index (κ3) is 4.27. The second-order valence-corrected chi connectivity index (χ2v) is 4.82. The van der Waals surface area contributed by atoms with Crippen molar-refractivity contribution >= 4 is 11.7 Å². The van der Waals surface area contributed by atoms with Crippen LogP contribution in [0.5, 0.6) is 0 Å². The van der Waals surface area contributed by atoms with E-state index in [0.717, 1.165) is 24.2 Å². The monoisotopic (exact) mass is 284 g/mol. The van der Waals surface area contributed by atoms with E-state index < -0.39 is 0 Å². The molecule has 2 N–H and O–H groups in total. The summed E-state index contributed by atoms with van der Waals surface area (Å²) in [6.45, 7) is 5.25. The molecule has 110 valence electrons. The lowest BCUT2D eigenvalue weighted by Crippen LogP contribution is -2.24. The zero-order chi connectivity index (χ0) is 15.1. The Bertz CT molecular complexity index is 595. The first-order valence-electron chi connectivity index (χ1n) is 7.09. The molecule has 0 unspecified atom stereocenters. The summed E-state index contributed by atoms with van der Waals surface area (Å²) in [5.41, 5.74) is 2.50. The first-order chi connectivity index (χ1) is 10.2. The SMILES string of the molecule is CCCNc1ncccc1C(=O)NCc1ccc(C)nc1. The van der Waals surface area contributed by atoms with E-state index in [4.69, 9.17) is 0 Å². The number of carbonyl (C=O) groups excluding carboxylic acids is 1. The topological polar surface area (TPSA) is 66.9 Å². The van der Waals surface area contributed by atoms with Crippen LogP contribution in [0.25, 0.3) is 0 Å². The van der Waals surface area contributed by atoms with Gasteiger partial charge < -0.3 is 10.6 Å². The van der Waals surface area contributed by atoms with Crippen molar-refractivity contribution in [2.75, 3.05) is 11.9 Å². The third-order valence-electron chi connectivity index (χ3n) is 3.02. The maximum absolute atomic E-state index is 12.3. The van der Waals surface area contributed by atoms with E-state index in [2.05, 4.69) is 27.5 Å². The Labute approximate surface area is 124 Å². The number of rotatable bonds is 6. The van der Waals surface area contributed by atoms with Gasteiger partial charge >= 0.3 is 0 Å². The molecule has 0 aliphatic rings. The highest BCUT2D eigenvalue weighted by atomic mass is 16.1. The molecule has 0 saturated carbocycles. The smallest absolute Gasteiger partial charge is 0.255 e. The fraction of sp³-hybridized carbons (Fsp3) is 0.312. The van der Waals surface area contributed by atoms with E-state index in [9.17, 15) is 4.79 Å². The molecule has 0 fully saturated rings. The zero-order valence-corrected chi connectivity index (χ0v) is 12.4. The summed E-state index contributed by atoms with van der Waals surface area (Å²) in [6, 6.07) is 7.43. The van der Waals surface area contributed by atoms with E-state index in [0.29, 0.717) is 17.9 Å². The Morgan fingerprint density at radius 2 is 2.10 bits per heavy atom. The predicted molar refractivity (Wildman–Crippen MR) is 83.2 cm³/mol. The van der Waals surface area contributed by atoms with Crippen molar-refractivity contribution in [3.63, 3.8) is 0 Å². The molecule has 2 heterocycles. The van der Waals surface area contributed by atoms with Crippen LogP contribution in [0.2, 0.25) is 0 Å². The predicted octanol–water partition coefficient (Wildman–Crippen LogP) is 2.54. The molecule has 0 aromatic carbocycles. The fourth-order valence-electron chi connectivity index (χ4n) is 1.85. The quantitative estimate of drug-likeness (QED) is 0.855. The molecule has 5 nitrogen and oxygen atoms in total. The summed E-state index contributed by atoms with van der Waals surface area (Å²) in [7, 11) is 0. The number of pyridine rings is 2. The van der Waals surface area contributed by atoms with Gasteiger partial charge in [0, 0.05) is 31.2 Å². The van der Waals surface area contributed by atoms with Crippen LogP contribution < -0.4 is 10.6 Å². The molecule has 5 heteroatoms. The Balaban J connectivity index is 2.01. The van der Waals surface area contributed by atoms with Crippen LogP contribution in [0, 0.1) is 6.92 Å². The first-order valence-corrected chi connectivity index (χ1v) is 7.09. The van der Waals surface area contributed by atoms with Gasteiger partial charge in [-0.1, -0.05) is 13.0 Å². The first kappa shape index (κ1) is 15.0. The number of nitrogens with zero attached hydrogens (tertiary/aromatic N) is 2. The number of aryl methyl sites for hydroxylation is 1. The fourth-order valence-corrected chi connectivity index (χ4v) is 1.85. The molecule has 2 aromatic rings. The number of hydrogen-bond acceptors (Lipinski definition) is 4. The Kier molecular flexibility index (Phi) is 5.26. The van der Waals surface area contributed by atoms with Crippen LogP contribution in [0.1, 0.15) is 35.0 Å². The molecule has 1 amide bonds.